The molecule has 1 fully saturated rings. The van der Waals surface area contributed by atoms with Gasteiger partial charge < -0.3 is 24.8 Å². The van der Waals surface area contributed by atoms with Crippen molar-refractivity contribution < 1.29 is 32.5 Å². The molecule has 2 atom stereocenters. The number of amides is 1. The Hall–Kier alpha value is -3.01. The molecule has 0 spiro atoms. The maximum atomic E-state index is 15.4. The first kappa shape index (κ1) is 25.6. The number of hydrogen-bond acceptors (Lipinski definition) is 5. The van der Waals surface area contributed by atoms with Crippen molar-refractivity contribution in [1.82, 2.24) is 10.2 Å². The van der Waals surface area contributed by atoms with E-state index in [0.717, 1.165) is 18.9 Å². The molecule has 0 aromatic heterocycles. The predicted molar refractivity (Wildman–Crippen MR) is 133 cm³/mol. The van der Waals surface area contributed by atoms with Crippen molar-refractivity contribution in [3.8, 4) is 11.5 Å². The van der Waals surface area contributed by atoms with Gasteiger partial charge in [-0.15, -0.1) is 0 Å². The second-order valence-electron chi connectivity index (χ2n) is 9.34. The van der Waals surface area contributed by atoms with Crippen LogP contribution in [0, 0.1) is 5.82 Å². The molecule has 10 heteroatoms. The fourth-order valence-electron chi connectivity index (χ4n) is 4.80. The van der Waals surface area contributed by atoms with Crippen molar-refractivity contribution >= 4 is 28.3 Å². The van der Waals surface area contributed by atoms with Crippen LogP contribution in [0.25, 0.3) is 10.8 Å². The molecular weight excluding hydrogens is 509 g/mol. The quantitative estimate of drug-likeness (QED) is 0.455. The van der Waals surface area contributed by atoms with Gasteiger partial charge >= 0.3 is 5.92 Å². The van der Waals surface area contributed by atoms with E-state index in [1.165, 1.54) is 24.3 Å². The summed E-state index contributed by atoms with van der Waals surface area (Å²) >= 11 is 5.98. The number of nitrogens with one attached hydrogen (secondary N) is 1. The zero-order valence-corrected chi connectivity index (χ0v) is 20.6. The molecule has 6 nitrogen and oxygen atoms in total. The monoisotopic (exact) mass is 534 g/mol. The van der Waals surface area contributed by atoms with Crippen molar-refractivity contribution in [3.63, 3.8) is 0 Å². The summed E-state index contributed by atoms with van der Waals surface area (Å²) in [5.74, 6) is -6.12. The minimum Gasteiger partial charge on any atom is -0.486 e. The van der Waals surface area contributed by atoms with Crippen LogP contribution in [-0.4, -0.2) is 54.8 Å². The van der Waals surface area contributed by atoms with Crippen molar-refractivity contribution in [2.45, 2.75) is 30.9 Å². The number of carbonyl (C=O) groups excluding carboxylic acids is 1. The lowest BCUT2D eigenvalue weighted by atomic mass is 9.99. The van der Waals surface area contributed by atoms with E-state index in [9.17, 15) is 14.3 Å². The Morgan fingerprint density at radius 1 is 1.05 bits per heavy atom. The SMILES string of the molecule is O=C(N[C@H](CN1CCCC1)[C@H](O)c1cc(F)c2c(c1)OCCO2)C(F)(F)c1ccc2cc(Cl)ccc2c1. The first-order valence-electron chi connectivity index (χ1n) is 12.1. The Balaban J connectivity index is 1.41. The van der Waals surface area contributed by atoms with Gasteiger partial charge in [0.15, 0.2) is 17.3 Å². The number of ether oxygens (including phenoxy) is 2. The van der Waals surface area contributed by atoms with Gasteiger partial charge in [0.2, 0.25) is 0 Å². The summed E-state index contributed by atoms with van der Waals surface area (Å²) in [6, 6.07) is 10.1. The highest BCUT2D eigenvalue weighted by Crippen LogP contribution is 2.37. The average molecular weight is 535 g/mol. The third-order valence-electron chi connectivity index (χ3n) is 6.76. The highest BCUT2D eigenvalue weighted by Gasteiger charge is 2.43. The lowest BCUT2D eigenvalue weighted by Crippen LogP contribution is -2.51. The highest BCUT2D eigenvalue weighted by atomic mass is 35.5. The molecule has 0 saturated carbocycles. The summed E-state index contributed by atoms with van der Waals surface area (Å²) in [5, 5.41) is 15.1. The minimum atomic E-state index is -3.88. The van der Waals surface area contributed by atoms with Crippen molar-refractivity contribution in [2.24, 2.45) is 0 Å². The molecule has 2 aliphatic heterocycles. The summed E-state index contributed by atoms with van der Waals surface area (Å²) in [6.45, 7) is 1.94. The normalized spacial score (nSPS) is 17.5. The van der Waals surface area contributed by atoms with Gasteiger partial charge in [0.1, 0.15) is 19.3 Å². The first-order valence-corrected chi connectivity index (χ1v) is 12.5. The molecule has 0 radical (unpaired) electrons. The number of halogens is 4. The van der Waals surface area contributed by atoms with Crippen molar-refractivity contribution in [2.75, 3.05) is 32.8 Å². The lowest BCUT2D eigenvalue weighted by molar-refractivity contribution is -0.149. The molecule has 1 saturated heterocycles. The third-order valence-corrected chi connectivity index (χ3v) is 7.00. The van der Waals surface area contributed by atoms with Crippen LogP contribution in [0.5, 0.6) is 11.5 Å². The summed E-state index contributed by atoms with van der Waals surface area (Å²) in [4.78, 5) is 14.9. The highest BCUT2D eigenvalue weighted by molar-refractivity contribution is 6.31. The zero-order valence-electron chi connectivity index (χ0n) is 19.9. The second-order valence-corrected chi connectivity index (χ2v) is 9.78. The van der Waals surface area contributed by atoms with Gasteiger partial charge in [-0.2, -0.15) is 8.78 Å². The fraction of sp³-hybridized carbons (Fsp3) is 0.370. The molecule has 3 aromatic rings. The largest absolute Gasteiger partial charge is 0.486 e. The Labute approximate surface area is 216 Å². The summed E-state index contributed by atoms with van der Waals surface area (Å²) < 4.78 is 56.1. The number of aliphatic hydroxyl groups excluding tert-OH is 1. The Bertz CT molecular complexity index is 1320. The molecule has 3 aromatic carbocycles. The lowest BCUT2D eigenvalue weighted by Gasteiger charge is -2.30. The van der Waals surface area contributed by atoms with Gasteiger partial charge in [0.05, 0.1) is 6.04 Å². The van der Waals surface area contributed by atoms with E-state index in [4.69, 9.17) is 21.1 Å². The molecule has 0 unspecified atom stereocenters. The van der Waals surface area contributed by atoms with E-state index < -0.39 is 35.4 Å². The van der Waals surface area contributed by atoms with E-state index in [2.05, 4.69) is 5.32 Å². The molecular formula is C27H26ClF3N2O4. The van der Waals surface area contributed by atoms with Crippen LogP contribution in [0.15, 0.2) is 48.5 Å². The number of likely N-dealkylation sites (tertiary alicyclic amines) is 1. The number of benzene rings is 3. The summed E-state index contributed by atoms with van der Waals surface area (Å²) in [5.41, 5.74) is -0.392. The Morgan fingerprint density at radius 3 is 2.54 bits per heavy atom. The van der Waals surface area contributed by atoms with Gasteiger partial charge in [-0.1, -0.05) is 29.8 Å². The minimum absolute atomic E-state index is 0.0635. The second kappa shape index (κ2) is 10.4. The molecule has 0 aliphatic carbocycles. The maximum Gasteiger partial charge on any atom is 0.349 e. The number of alkyl halides is 2. The molecule has 2 heterocycles. The number of aliphatic hydroxyl groups is 1. The van der Waals surface area contributed by atoms with Gasteiger partial charge in [0, 0.05) is 17.1 Å². The van der Waals surface area contributed by atoms with Gasteiger partial charge in [-0.3, -0.25) is 4.79 Å². The number of nitrogens with zero attached hydrogens (tertiary/aromatic N) is 1. The maximum absolute atomic E-state index is 15.4. The molecule has 37 heavy (non-hydrogen) atoms. The van der Waals surface area contributed by atoms with E-state index in [-0.39, 0.29) is 36.8 Å². The van der Waals surface area contributed by atoms with E-state index in [0.29, 0.717) is 28.9 Å². The molecule has 2 aliphatic rings. The Kier molecular flexibility index (Phi) is 7.20. The standard InChI is InChI=1S/C27H26ClF3N2O4/c28-20-6-4-16-11-19(5-3-17(16)12-20)27(30,31)26(35)32-22(15-33-7-1-2-8-33)24(34)18-13-21(29)25-23(14-18)36-9-10-37-25/h3-6,11-14,22,24,34H,1-2,7-10,15H2,(H,32,35)/t22-,24-/m1/s1. The van der Waals surface area contributed by atoms with Gasteiger partial charge in [-0.05, 0) is 72.6 Å². The topological polar surface area (TPSA) is 71.0 Å². The number of carbonyl (C=O) groups is 1. The molecule has 5 rings (SSSR count). The predicted octanol–water partition coefficient (Wildman–Crippen LogP) is 4.81. The van der Waals surface area contributed by atoms with Gasteiger partial charge in [-0.25, -0.2) is 4.39 Å². The number of rotatable bonds is 7. The number of hydrogen-bond donors (Lipinski definition) is 2. The molecule has 2 N–H and O–H groups in total. The average Bonchev–Trinajstić information content (AvgIpc) is 3.40. The van der Waals surface area contributed by atoms with Crippen LogP contribution in [0.3, 0.4) is 0 Å². The van der Waals surface area contributed by atoms with Crippen LogP contribution >= 0.6 is 11.6 Å². The molecule has 1 amide bonds. The summed E-state index contributed by atoms with van der Waals surface area (Å²) in [7, 11) is 0. The zero-order chi connectivity index (χ0) is 26.2. The third kappa shape index (κ3) is 5.35. The van der Waals surface area contributed by atoms with Crippen LogP contribution in [0.1, 0.15) is 30.1 Å². The Morgan fingerprint density at radius 2 is 1.76 bits per heavy atom. The number of fused-ring (bicyclic) bond motifs is 2. The van der Waals surface area contributed by atoms with E-state index in [1.807, 2.05) is 4.90 Å². The summed E-state index contributed by atoms with van der Waals surface area (Å²) in [6.07, 6.45) is 0.378. The smallest absolute Gasteiger partial charge is 0.349 e. The molecule has 0 bridgehead atoms. The van der Waals surface area contributed by atoms with Crippen LogP contribution in [0.4, 0.5) is 13.2 Å². The molecule has 196 valence electrons. The van der Waals surface area contributed by atoms with Crippen molar-refractivity contribution in [3.05, 3.63) is 70.5 Å². The van der Waals surface area contributed by atoms with Crippen molar-refractivity contribution in [1.29, 1.82) is 0 Å². The van der Waals surface area contributed by atoms with E-state index >= 15 is 8.78 Å². The first-order chi connectivity index (χ1) is 17.7. The van der Waals surface area contributed by atoms with E-state index in [1.54, 1.807) is 18.2 Å². The van der Waals surface area contributed by atoms with Crippen LogP contribution in [0.2, 0.25) is 5.02 Å². The van der Waals surface area contributed by atoms with Crippen LogP contribution < -0.4 is 14.8 Å². The van der Waals surface area contributed by atoms with Gasteiger partial charge in [0.25, 0.3) is 5.91 Å². The fourth-order valence-corrected chi connectivity index (χ4v) is 4.98. The van der Waals surface area contributed by atoms with Crippen LogP contribution in [-0.2, 0) is 10.7 Å².